The van der Waals surface area contributed by atoms with Crippen LogP contribution in [0.3, 0.4) is 0 Å². The number of carbonyl (C=O) groups is 1. The number of hydrogen-bond donors (Lipinski definition) is 2. The molecule has 24 heavy (non-hydrogen) atoms. The normalized spacial score (nSPS) is 20.5. The van der Waals surface area contributed by atoms with Crippen molar-refractivity contribution >= 4 is 5.91 Å². The Morgan fingerprint density at radius 2 is 1.96 bits per heavy atom. The van der Waals surface area contributed by atoms with E-state index in [1.165, 1.54) is 6.07 Å². The van der Waals surface area contributed by atoms with Crippen LogP contribution in [0.4, 0.5) is 4.39 Å². The number of hydrogen-bond acceptors (Lipinski definition) is 3. The van der Waals surface area contributed by atoms with Crippen LogP contribution in [0, 0.1) is 5.82 Å². The van der Waals surface area contributed by atoms with Crippen molar-refractivity contribution in [1.82, 2.24) is 10.6 Å². The fourth-order valence-corrected chi connectivity index (χ4v) is 3.03. The molecule has 0 aliphatic carbocycles. The average Bonchev–Trinajstić information content (AvgIpc) is 2.62. The molecular formula is C19H21FN2O2. The third-order valence-corrected chi connectivity index (χ3v) is 4.39. The molecule has 1 saturated heterocycles. The monoisotopic (exact) mass is 328 g/mol. The third kappa shape index (κ3) is 3.74. The molecule has 1 aliphatic rings. The van der Waals surface area contributed by atoms with Gasteiger partial charge in [0.2, 0.25) is 5.91 Å². The zero-order chi connectivity index (χ0) is 16.9. The highest BCUT2D eigenvalue weighted by Crippen LogP contribution is 2.26. The molecular weight excluding hydrogens is 307 g/mol. The lowest BCUT2D eigenvalue weighted by molar-refractivity contribution is -0.123. The van der Waals surface area contributed by atoms with Crippen molar-refractivity contribution < 1.29 is 13.9 Å². The minimum atomic E-state index is -0.217. The van der Waals surface area contributed by atoms with Gasteiger partial charge in [0.25, 0.3) is 0 Å². The van der Waals surface area contributed by atoms with Gasteiger partial charge in [-0.25, -0.2) is 4.39 Å². The molecule has 0 aromatic heterocycles. The van der Waals surface area contributed by atoms with Crippen LogP contribution in [0.25, 0.3) is 0 Å². The van der Waals surface area contributed by atoms with E-state index in [4.69, 9.17) is 4.74 Å². The van der Waals surface area contributed by atoms with E-state index in [-0.39, 0.29) is 23.8 Å². The molecule has 5 heteroatoms. The van der Waals surface area contributed by atoms with E-state index in [0.717, 1.165) is 17.7 Å². The maximum absolute atomic E-state index is 13.8. The number of benzene rings is 2. The number of nitrogens with one attached hydrogen (secondary N) is 2. The number of piperidine rings is 1. The Kier molecular flexibility index (Phi) is 5.11. The van der Waals surface area contributed by atoms with E-state index in [1.807, 2.05) is 30.3 Å². The summed E-state index contributed by atoms with van der Waals surface area (Å²) in [7, 11) is 1.62. The van der Waals surface area contributed by atoms with E-state index in [1.54, 1.807) is 19.2 Å². The first-order valence-electron chi connectivity index (χ1n) is 8.07. The quantitative estimate of drug-likeness (QED) is 0.887. The Labute approximate surface area is 141 Å². The third-order valence-electron chi connectivity index (χ3n) is 4.39. The van der Waals surface area contributed by atoms with Gasteiger partial charge in [-0.3, -0.25) is 4.79 Å². The first-order chi connectivity index (χ1) is 11.7. The summed E-state index contributed by atoms with van der Waals surface area (Å²) in [6.45, 7) is 0.430. The Bertz CT molecular complexity index is 703. The van der Waals surface area contributed by atoms with Crippen molar-refractivity contribution in [3.05, 3.63) is 65.5 Å². The highest BCUT2D eigenvalue weighted by molar-refractivity contribution is 5.77. The number of rotatable bonds is 5. The smallest absolute Gasteiger partial charge is 0.220 e. The topological polar surface area (TPSA) is 50.4 Å². The highest BCUT2D eigenvalue weighted by atomic mass is 19.1. The summed E-state index contributed by atoms with van der Waals surface area (Å²) in [6.07, 6.45) is 1.19. The summed E-state index contributed by atoms with van der Waals surface area (Å²) in [5, 5.41) is 6.43. The van der Waals surface area contributed by atoms with Gasteiger partial charge in [-0.1, -0.05) is 30.3 Å². The lowest BCUT2D eigenvalue weighted by Gasteiger charge is -2.33. The van der Waals surface area contributed by atoms with E-state index in [9.17, 15) is 9.18 Å². The number of amides is 1. The Balaban J connectivity index is 1.74. The summed E-state index contributed by atoms with van der Waals surface area (Å²) >= 11 is 0. The molecule has 0 bridgehead atoms. The lowest BCUT2D eigenvalue weighted by Crippen LogP contribution is -2.48. The molecule has 0 radical (unpaired) electrons. The standard InChI is InChI=1S/C19H21FN2O2/c1-24-15-8-6-13(7-9-15)19-17(10-11-18(23)22-19)21-12-14-4-2-3-5-16(14)20/h2-9,17,19,21H,10-12H2,1H3,(H,22,23)/t17-,19+/m1/s1. The Morgan fingerprint density at radius 1 is 1.21 bits per heavy atom. The van der Waals surface area contributed by atoms with Crippen LogP contribution in [0.1, 0.15) is 30.0 Å². The highest BCUT2D eigenvalue weighted by Gasteiger charge is 2.29. The fourth-order valence-electron chi connectivity index (χ4n) is 3.03. The minimum absolute atomic E-state index is 0.0414. The largest absolute Gasteiger partial charge is 0.497 e. The zero-order valence-corrected chi connectivity index (χ0v) is 13.6. The zero-order valence-electron chi connectivity index (χ0n) is 13.6. The molecule has 4 nitrogen and oxygen atoms in total. The van der Waals surface area contributed by atoms with Gasteiger partial charge in [0, 0.05) is 24.6 Å². The molecule has 2 atom stereocenters. The van der Waals surface area contributed by atoms with Crippen LogP contribution in [0.5, 0.6) is 5.75 Å². The summed E-state index contributed by atoms with van der Waals surface area (Å²) in [4.78, 5) is 11.8. The molecule has 126 valence electrons. The number of ether oxygens (including phenoxy) is 1. The van der Waals surface area contributed by atoms with E-state index < -0.39 is 0 Å². The molecule has 1 aliphatic heterocycles. The Hall–Kier alpha value is -2.40. The Morgan fingerprint density at radius 3 is 2.67 bits per heavy atom. The maximum atomic E-state index is 13.8. The molecule has 2 aromatic carbocycles. The molecule has 0 unspecified atom stereocenters. The van der Waals surface area contributed by atoms with Crippen molar-refractivity contribution in [3.8, 4) is 5.75 Å². The second-order valence-corrected chi connectivity index (χ2v) is 5.94. The van der Waals surface area contributed by atoms with Gasteiger partial charge in [0.05, 0.1) is 13.2 Å². The predicted octanol–water partition coefficient (Wildman–Crippen LogP) is 2.94. The van der Waals surface area contributed by atoms with Gasteiger partial charge >= 0.3 is 0 Å². The minimum Gasteiger partial charge on any atom is -0.497 e. The van der Waals surface area contributed by atoms with Crippen LogP contribution in [-0.4, -0.2) is 19.1 Å². The lowest BCUT2D eigenvalue weighted by atomic mass is 9.91. The summed E-state index contributed by atoms with van der Waals surface area (Å²) in [5.41, 5.74) is 1.64. The predicted molar refractivity (Wildman–Crippen MR) is 90.1 cm³/mol. The molecule has 2 N–H and O–H groups in total. The van der Waals surface area contributed by atoms with Gasteiger partial charge in [0.15, 0.2) is 0 Å². The first-order valence-corrected chi connectivity index (χ1v) is 8.07. The van der Waals surface area contributed by atoms with Crippen molar-refractivity contribution in [3.63, 3.8) is 0 Å². The van der Waals surface area contributed by atoms with Crippen molar-refractivity contribution in [2.24, 2.45) is 0 Å². The fraction of sp³-hybridized carbons (Fsp3) is 0.316. The van der Waals surface area contributed by atoms with Crippen molar-refractivity contribution in [2.45, 2.75) is 31.5 Å². The van der Waals surface area contributed by atoms with Gasteiger partial charge in [0.1, 0.15) is 11.6 Å². The second-order valence-electron chi connectivity index (χ2n) is 5.94. The molecule has 2 aromatic rings. The summed E-state index contributed by atoms with van der Waals surface area (Å²) in [6, 6.07) is 14.3. The van der Waals surface area contributed by atoms with E-state index in [0.29, 0.717) is 18.5 Å². The van der Waals surface area contributed by atoms with Crippen LogP contribution in [0.2, 0.25) is 0 Å². The van der Waals surface area contributed by atoms with Crippen LogP contribution >= 0.6 is 0 Å². The van der Waals surface area contributed by atoms with Gasteiger partial charge in [-0.2, -0.15) is 0 Å². The first kappa shape index (κ1) is 16.5. The van der Waals surface area contributed by atoms with Gasteiger partial charge in [-0.05, 0) is 30.2 Å². The molecule has 0 spiro atoms. The molecule has 0 saturated carbocycles. The summed E-state index contributed by atoms with van der Waals surface area (Å²) < 4.78 is 19.0. The van der Waals surface area contributed by atoms with E-state index >= 15 is 0 Å². The number of methoxy groups -OCH3 is 1. The maximum Gasteiger partial charge on any atom is 0.220 e. The van der Waals surface area contributed by atoms with Gasteiger partial charge < -0.3 is 15.4 Å². The second kappa shape index (κ2) is 7.45. The molecule has 1 fully saturated rings. The van der Waals surface area contributed by atoms with E-state index in [2.05, 4.69) is 10.6 Å². The SMILES string of the molecule is COc1ccc([C@@H]2NC(=O)CC[C@H]2NCc2ccccc2F)cc1. The molecule has 3 rings (SSSR count). The molecule has 1 amide bonds. The van der Waals surface area contributed by atoms with Crippen LogP contribution < -0.4 is 15.4 Å². The van der Waals surface area contributed by atoms with Gasteiger partial charge in [-0.15, -0.1) is 0 Å². The number of halogens is 1. The molecule has 1 heterocycles. The van der Waals surface area contributed by atoms with Crippen molar-refractivity contribution in [2.75, 3.05) is 7.11 Å². The van der Waals surface area contributed by atoms with Crippen LogP contribution in [-0.2, 0) is 11.3 Å². The van der Waals surface area contributed by atoms with Crippen LogP contribution in [0.15, 0.2) is 48.5 Å². The number of carbonyl (C=O) groups excluding carboxylic acids is 1. The summed E-state index contributed by atoms with van der Waals surface area (Å²) in [5.74, 6) is 0.599. The van der Waals surface area contributed by atoms with Crippen molar-refractivity contribution in [1.29, 1.82) is 0 Å². The average molecular weight is 328 g/mol.